The van der Waals surface area contributed by atoms with Crippen molar-refractivity contribution in [1.29, 1.82) is 0 Å². The predicted octanol–water partition coefficient (Wildman–Crippen LogP) is 5.19. The smallest absolute Gasteiger partial charge is 0.234 e. The molecular formula is C22H25ClN4O2S. The van der Waals surface area contributed by atoms with Crippen LogP contribution in [0.4, 0.5) is 5.69 Å². The maximum absolute atomic E-state index is 12.4. The first-order chi connectivity index (χ1) is 14.4. The second-order valence-electron chi connectivity index (χ2n) is 6.97. The molecule has 1 N–H and O–H groups in total. The van der Waals surface area contributed by atoms with Gasteiger partial charge in [-0.1, -0.05) is 35.5 Å². The Bertz CT molecular complexity index is 1050. The number of hydrogen-bond acceptors (Lipinski definition) is 5. The minimum atomic E-state index is -0.121. The van der Waals surface area contributed by atoms with E-state index >= 15 is 0 Å². The van der Waals surface area contributed by atoms with Gasteiger partial charge in [0.15, 0.2) is 11.0 Å². The van der Waals surface area contributed by atoms with Crippen LogP contribution in [0.25, 0.3) is 0 Å². The number of carbonyl (C=O) groups excluding carboxylic acids is 1. The lowest BCUT2D eigenvalue weighted by atomic mass is 10.1. The summed E-state index contributed by atoms with van der Waals surface area (Å²) in [7, 11) is 0. The van der Waals surface area contributed by atoms with E-state index in [0.29, 0.717) is 29.0 Å². The van der Waals surface area contributed by atoms with Crippen molar-refractivity contribution < 1.29 is 9.53 Å². The van der Waals surface area contributed by atoms with Gasteiger partial charge in [0.2, 0.25) is 5.91 Å². The molecule has 1 heterocycles. The molecule has 3 rings (SSSR count). The molecule has 158 valence electrons. The fourth-order valence-corrected chi connectivity index (χ4v) is 3.84. The highest BCUT2D eigenvalue weighted by Gasteiger charge is 2.14. The number of rotatable bonds is 8. The zero-order valence-corrected chi connectivity index (χ0v) is 19.1. The number of aryl methyl sites for hydroxylation is 3. The monoisotopic (exact) mass is 444 g/mol. The zero-order valence-electron chi connectivity index (χ0n) is 17.5. The number of halogens is 1. The van der Waals surface area contributed by atoms with Crippen LogP contribution in [0.3, 0.4) is 0 Å². The molecule has 0 aliphatic heterocycles. The highest BCUT2D eigenvalue weighted by atomic mass is 35.5. The number of benzene rings is 2. The van der Waals surface area contributed by atoms with Crippen molar-refractivity contribution in [2.75, 3.05) is 11.1 Å². The average Bonchev–Trinajstić information content (AvgIpc) is 3.12. The van der Waals surface area contributed by atoms with Gasteiger partial charge in [-0.25, -0.2) is 0 Å². The van der Waals surface area contributed by atoms with Crippen molar-refractivity contribution in [2.45, 2.75) is 46.0 Å². The minimum absolute atomic E-state index is 0.121. The molecule has 8 heteroatoms. The fraction of sp³-hybridized carbons (Fsp3) is 0.318. The molecule has 0 unspecified atom stereocenters. The molecule has 0 aliphatic carbocycles. The SMILES string of the molecule is CCn1c(COc2ccc(C)c(C)c2)nnc1SCC(=O)Nc1cc(Cl)ccc1C. The Hall–Kier alpha value is -2.51. The van der Waals surface area contributed by atoms with E-state index in [1.54, 1.807) is 12.1 Å². The molecule has 0 bridgehead atoms. The van der Waals surface area contributed by atoms with Gasteiger partial charge >= 0.3 is 0 Å². The standard InChI is InChI=1S/C22H25ClN4O2S/c1-5-27-20(12-29-18-9-7-14(2)16(4)10-18)25-26-22(27)30-13-21(28)24-19-11-17(23)8-6-15(19)3/h6-11H,5,12-13H2,1-4H3,(H,24,28). The van der Waals surface area contributed by atoms with Crippen LogP contribution in [0.2, 0.25) is 5.02 Å². The molecule has 3 aromatic rings. The van der Waals surface area contributed by atoms with Crippen LogP contribution < -0.4 is 10.1 Å². The number of nitrogens with zero attached hydrogens (tertiary/aromatic N) is 3. The second-order valence-corrected chi connectivity index (χ2v) is 8.35. The molecule has 1 aromatic heterocycles. The third-order valence-electron chi connectivity index (χ3n) is 4.76. The van der Waals surface area contributed by atoms with Crippen molar-refractivity contribution in [3.63, 3.8) is 0 Å². The Morgan fingerprint density at radius 3 is 2.60 bits per heavy atom. The molecule has 2 aromatic carbocycles. The summed E-state index contributed by atoms with van der Waals surface area (Å²) in [5.74, 6) is 1.63. The number of hydrogen-bond donors (Lipinski definition) is 1. The normalized spacial score (nSPS) is 10.8. The summed E-state index contributed by atoms with van der Waals surface area (Å²) in [6.07, 6.45) is 0. The molecule has 6 nitrogen and oxygen atoms in total. The van der Waals surface area contributed by atoms with Crippen LogP contribution in [0, 0.1) is 20.8 Å². The zero-order chi connectivity index (χ0) is 21.7. The van der Waals surface area contributed by atoms with E-state index < -0.39 is 0 Å². The van der Waals surface area contributed by atoms with Crippen molar-refractivity contribution in [2.24, 2.45) is 0 Å². The molecule has 0 aliphatic rings. The summed E-state index contributed by atoms with van der Waals surface area (Å²) in [5.41, 5.74) is 4.08. The van der Waals surface area contributed by atoms with Gasteiger partial charge in [-0.05, 0) is 68.7 Å². The van der Waals surface area contributed by atoms with Crippen LogP contribution in [-0.4, -0.2) is 26.4 Å². The van der Waals surface area contributed by atoms with E-state index in [2.05, 4.69) is 29.4 Å². The second kappa shape index (κ2) is 10.00. The van der Waals surface area contributed by atoms with Crippen molar-refractivity contribution in [3.05, 3.63) is 63.9 Å². The Balaban J connectivity index is 1.60. The van der Waals surface area contributed by atoms with Gasteiger partial charge < -0.3 is 14.6 Å². The summed E-state index contributed by atoms with van der Waals surface area (Å²) in [5, 5.41) is 12.7. The van der Waals surface area contributed by atoms with Crippen LogP contribution in [0.1, 0.15) is 29.4 Å². The van der Waals surface area contributed by atoms with Gasteiger partial charge in [0, 0.05) is 17.3 Å². The average molecular weight is 445 g/mol. The molecule has 0 saturated carbocycles. The predicted molar refractivity (Wildman–Crippen MR) is 121 cm³/mol. The molecule has 30 heavy (non-hydrogen) atoms. The van der Waals surface area contributed by atoms with Gasteiger partial charge in [-0.2, -0.15) is 0 Å². The fourth-order valence-electron chi connectivity index (χ4n) is 2.85. The van der Waals surface area contributed by atoms with E-state index in [9.17, 15) is 4.79 Å². The summed E-state index contributed by atoms with van der Waals surface area (Å²) in [6, 6.07) is 11.4. The number of nitrogens with one attached hydrogen (secondary N) is 1. The highest BCUT2D eigenvalue weighted by molar-refractivity contribution is 7.99. The maximum Gasteiger partial charge on any atom is 0.234 e. The van der Waals surface area contributed by atoms with E-state index in [-0.39, 0.29) is 11.7 Å². The van der Waals surface area contributed by atoms with Crippen molar-refractivity contribution in [1.82, 2.24) is 14.8 Å². The summed E-state index contributed by atoms with van der Waals surface area (Å²) in [4.78, 5) is 12.4. The number of ether oxygens (including phenoxy) is 1. The van der Waals surface area contributed by atoms with Gasteiger partial charge in [-0.15, -0.1) is 10.2 Å². The Kier molecular flexibility index (Phi) is 7.39. The van der Waals surface area contributed by atoms with Crippen LogP contribution in [0.5, 0.6) is 5.75 Å². The van der Waals surface area contributed by atoms with Gasteiger partial charge in [-0.3, -0.25) is 4.79 Å². The van der Waals surface area contributed by atoms with Crippen LogP contribution >= 0.6 is 23.4 Å². The highest BCUT2D eigenvalue weighted by Crippen LogP contribution is 2.23. The Morgan fingerprint density at radius 1 is 1.10 bits per heavy atom. The largest absolute Gasteiger partial charge is 0.486 e. The third kappa shape index (κ3) is 5.55. The lowest BCUT2D eigenvalue weighted by Gasteiger charge is -2.11. The number of aromatic nitrogens is 3. The maximum atomic E-state index is 12.4. The molecule has 0 fully saturated rings. The van der Waals surface area contributed by atoms with E-state index in [1.807, 2.05) is 42.7 Å². The first kappa shape index (κ1) is 22.2. The lowest BCUT2D eigenvalue weighted by Crippen LogP contribution is -2.15. The minimum Gasteiger partial charge on any atom is -0.486 e. The molecule has 0 spiro atoms. The summed E-state index contributed by atoms with van der Waals surface area (Å²) < 4.78 is 7.85. The Labute approximate surface area is 186 Å². The number of carbonyl (C=O) groups is 1. The van der Waals surface area contributed by atoms with Crippen LogP contribution in [0.15, 0.2) is 41.6 Å². The Morgan fingerprint density at radius 2 is 1.87 bits per heavy atom. The molecule has 0 atom stereocenters. The van der Waals surface area contributed by atoms with E-state index in [1.165, 1.54) is 22.9 Å². The molecular weight excluding hydrogens is 420 g/mol. The third-order valence-corrected chi connectivity index (χ3v) is 5.96. The van der Waals surface area contributed by atoms with Crippen molar-refractivity contribution in [3.8, 4) is 5.75 Å². The number of thioether (sulfide) groups is 1. The van der Waals surface area contributed by atoms with Gasteiger partial charge in [0.1, 0.15) is 12.4 Å². The van der Waals surface area contributed by atoms with Crippen molar-refractivity contribution >= 4 is 35.0 Å². The summed E-state index contributed by atoms with van der Waals surface area (Å²) in [6.45, 7) is 9.08. The van der Waals surface area contributed by atoms with Crippen LogP contribution in [-0.2, 0) is 17.9 Å². The first-order valence-electron chi connectivity index (χ1n) is 9.68. The topological polar surface area (TPSA) is 69.0 Å². The number of amides is 1. The molecule has 0 radical (unpaired) electrons. The molecule has 0 saturated heterocycles. The quantitative estimate of drug-likeness (QED) is 0.484. The molecule has 1 amide bonds. The summed E-state index contributed by atoms with van der Waals surface area (Å²) >= 11 is 7.36. The van der Waals surface area contributed by atoms with E-state index in [4.69, 9.17) is 16.3 Å². The first-order valence-corrected chi connectivity index (χ1v) is 11.0. The van der Waals surface area contributed by atoms with Gasteiger partial charge in [0.05, 0.1) is 5.75 Å². The van der Waals surface area contributed by atoms with Gasteiger partial charge in [0.25, 0.3) is 0 Å². The lowest BCUT2D eigenvalue weighted by molar-refractivity contribution is -0.113. The number of anilines is 1. The van der Waals surface area contributed by atoms with E-state index in [0.717, 1.165) is 17.1 Å².